The highest BCUT2D eigenvalue weighted by molar-refractivity contribution is 5.46. The fourth-order valence-corrected chi connectivity index (χ4v) is 18.5. The molecule has 11 rings (SSSR count). The van der Waals surface area contributed by atoms with Crippen LogP contribution in [0, 0.1) is 134 Å². The van der Waals surface area contributed by atoms with Crippen LogP contribution in [-0.2, 0) is 22.7 Å². The van der Waals surface area contributed by atoms with E-state index in [9.17, 15) is 0 Å². The molecule has 5 aliphatic carbocycles. The average Bonchev–Trinajstić information content (AvgIpc) is 0.840. The van der Waals surface area contributed by atoms with Gasteiger partial charge in [-0.25, -0.2) is 0 Å². The fourth-order valence-electron chi connectivity index (χ4n) is 18.5. The van der Waals surface area contributed by atoms with Gasteiger partial charge in [0.15, 0.2) is 0 Å². The van der Waals surface area contributed by atoms with Crippen LogP contribution in [0.3, 0.4) is 0 Å². The number of aryl methyl sites for hydroxylation is 8. The Morgan fingerprint density at radius 1 is 0.345 bits per heavy atom. The molecule has 0 bridgehead atoms. The van der Waals surface area contributed by atoms with Gasteiger partial charge in [-0.1, -0.05) is 422 Å². The molecule has 0 radical (unpaired) electrons. The van der Waals surface area contributed by atoms with E-state index < -0.39 is 0 Å². The van der Waals surface area contributed by atoms with E-state index in [-0.39, 0.29) is 16.2 Å². The quantitative estimate of drug-likeness (QED) is 0.107. The molecular formula is C110H180. The smallest absolute Gasteiger partial charge is 0.00258 e. The Balaban J connectivity index is 0.000000324. The highest BCUT2D eigenvalue weighted by Crippen LogP contribution is 2.51. The fraction of sp³-hybridized carbons (Fsp3) is 0.673. The van der Waals surface area contributed by atoms with Gasteiger partial charge in [0.1, 0.15) is 0 Å². The van der Waals surface area contributed by atoms with Gasteiger partial charge in [-0.05, 0) is 269 Å². The van der Waals surface area contributed by atoms with Gasteiger partial charge < -0.3 is 0 Å². The second-order valence-corrected chi connectivity index (χ2v) is 41.7. The minimum absolute atomic E-state index is 0.251. The van der Waals surface area contributed by atoms with Crippen molar-refractivity contribution in [3.05, 3.63) is 210 Å². The van der Waals surface area contributed by atoms with Crippen molar-refractivity contribution in [2.24, 2.45) is 57.7 Å². The first kappa shape index (κ1) is 99.5. The van der Waals surface area contributed by atoms with Crippen LogP contribution in [0.15, 0.2) is 121 Å². The molecule has 2 atom stereocenters. The summed E-state index contributed by atoms with van der Waals surface area (Å²) < 4.78 is 0. The monoisotopic (exact) mass is 1500 g/mol. The van der Waals surface area contributed by atoms with Gasteiger partial charge in [0.25, 0.3) is 0 Å². The van der Waals surface area contributed by atoms with Gasteiger partial charge in [-0.2, -0.15) is 0 Å². The topological polar surface area (TPSA) is 0 Å². The minimum atomic E-state index is 0.251. The standard InChI is InChI=1S/C15H28.C15H16.C15H28.2C14H22.C12H24.C9H12.C8H10.C8H18/c2*1-12-3-7-14(8-4-12)11-15-9-5-13(2)6-10-15;1-15(2,13-9-5-3-6-10-13)14-11-7-4-8-12-14;1-9-8-13(14(5,6)7)12(4)11(3)10(9)2;1-13(2,3)11-8-7-9-12(10-11)14(4,5)6;1-6-12(5)8-10(2)7-11(3,4)9-12;1-7-4-5-8(2)9(3)6-7;1-7-3-5-8(2)6-4-7;1-3-5-7-8-6-4-2/h12-15H,3-11H2,1-2H3;3-10H,11H2,1-2H3;13-14H,3-12H2,1-2H3;8H,1-7H3;7-10H,1-6H3;10H,6-9H2,1-5H3;4-6H,1-3H3;3-6H,1-2H3;3-8H2,1-2H3. The Hall–Kier alpha value is -4.68. The van der Waals surface area contributed by atoms with Crippen molar-refractivity contribution in [3.8, 4) is 0 Å². The molecule has 6 aromatic carbocycles. The third-order valence-electron chi connectivity index (χ3n) is 26.6. The molecular weight excluding hydrogens is 1320 g/mol. The Morgan fingerprint density at radius 2 is 0.727 bits per heavy atom. The summed E-state index contributed by atoms with van der Waals surface area (Å²) in [5, 5.41) is 0. The molecule has 0 heterocycles. The van der Waals surface area contributed by atoms with Crippen molar-refractivity contribution in [1.29, 1.82) is 0 Å². The third kappa shape index (κ3) is 39.1. The normalized spacial score (nSPS) is 20.7. The van der Waals surface area contributed by atoms with Crippen molar-refractivity contribution >= 4 is 0 Å². The van der Waals surface area contributed by atoms with Crippen molar-refractivity contribution in [2.75, 3.05) is 0 Å². The maximum Gasteiger partial charge on any atom is -0.00258 e. The first-order valence-corrected chi connectivity index (χ1v) is 45.8. The molecule has 2 unspecified atom stereocenters. The molecule has 0 spiro atoms. The molecule has 0 aliphatic heterocycles. The summed E-state index contributed by atoms with van der Waals surface area (Å²) in [6.45, 7) is 70.7. The summed E-state index contributed by atoms with van der Waals surface area (Å²) in [4.78, 5) is 0. The van der Waals surface area contributed by atoms with Crippen molar-refractivity contribution in [1.82, 2.24) is 0 Å². The van der Waals surface area contributed by atoms with Crippen LogP contribution in [0.5, 0.6) is 0 Å². The van der Waals surface area contributed by atoms with Crippen LogP contribution in [0.4, 0.5) is 0 Å². The molecule has 0 aromatic heterocycles. The first-order valence-electron chi connectivity index (χ1n) is 45.8. The second kappa shape index (κ2) is 49.3. The van der Waals surface area contributed by atoms with Crippen molar-refractivity contribution in [3.63, 3.8) is 0 Å². The highest BCUT2D eigenvalue weighted by atomic mass is 14.4. The Morgan fingerprint density at radius 3 is 1.06 bits per heavy atom. The summed E-state index contributed by atoms with van der Waals surface area (Å²) in [6.07, 6.45) is 43.9. The van der Waals surface area contributed by atoms with Crippen LogP contribution in [0.1, 0.15) is 414 Å². The van der Waals surface area contributed by atoms with Gasteiger partial charge in [0.05, 0.1) is 0 Å². The molecule has 620 valence electrons. The molecule has 0 heteroatoms. The van der Waals surface area contributed by atoms with E-state index in [1.165, 1.54) is 269 Å². The summed E-state index contributed by atoms with van der Waals surface area (Å²) in [5.74, 6) is 7.24. The molecule has 0 amide bonds. The summed E-state index contributed by atoms with van der Waals surface area (Å²) >= 11 is 0. The predicted molar refractivity (Wildman–Crippen MR) is 498 cm³/mol. The molecule has 5 aliphatic rings. The molecule has 6 aromatic rings. The maximum atomic E-state index is 2.57. The number of hydrogen-bond donors (Lipinski definition) is 0. The van der Waals surface area contributed by atoms with E-state index >= 15 is 0 Å². The van der Waals surface area contributed by atoms with Crippen LogP contribution in [0.2, 0.25) is 0 Å². The third-order valence-corrected chi connectivity index (χ3v) is 26.6. The van der Waals surface area contributed by atoms with Gasteiger partial charge >= 0.3 is 0 Å². The largest absolute Gasteiger partial charge is 0.0654 e. The summed E-state index contributed by atoms with van der Waals surface area (Å²) in [7, 11) is 0. The SMILES string of the molecule is CC(C)(C)c1cccc(C(C)(C)C)c1.CC(C)(C1CCCCC1)C1CCCCC1.CC1CCC(CC2CCC(C)CC2)CC1.CCC1(C)CC(C)CC(C)(C)C1.CCCCCCCC.Cc1cc(C(C)(C)C)c(C)c(C)c1C.Cc1ccc(C)c(C)c1.Cc1ccc(C)cc1.Cc1ccc(Cc2ccc(C)cc2)cc1. The lowest BCUT2D eigenvalue weighted by atomic mass is 9.60. The zero-order chi connectivity index (χ0) is 82.6. The second-order valence-electron chi connectivity index (χ2n) is 41.7. The van der Waals surface area contributed by atoms with Crippen molar-refractivity contribution < 1.29 is 0 Å². The molecule has 5 fully saturated rings. The van der Waals surface area contributed by atoms with Gasteiger partial charge in [-0.3, -0.25) is 0 Å². The summed E-state index contributed by atoms with van der Waals surface area (Å²) in [6, 6.07) is 43.8. The average molecular weight is 1500 g/mol. The minimum Gasteiger partial charge on any atom is -0.0654 e. The molecule has 0 nitrogen and oxygen atoms in total. The zero-order valence-corrected chi connectivity index (χ0v) is 78.8. The Labute approximate surface area is 687 Å². The molecule has 110 heavy (non-hydrogen) atoms. The van der Waals surface area contributed by atoms with Crippen LogP contribution >= 0.6 is 0 Å². The van der Waals surface area contributed by atoms with Crippen LogP contribution in [0.25, 0.3) is 0 Å². The lowest BCUT2D eigenvalue weighted by Gasteiger charge is -2.45. The van der Waals surface area contributed by atoms with Gasteiger partial charge in [-0.15, -0.1) is 0 Å². The lowest BCUT2D eigenvalue weighted by Crippen LogP contribution is -2.35. The summed E-state index contributed by atoms with van der Waals surface area (Å²) in [5.41, 5.74) is 24.9. The first-order chi connectivity index (χ1) is 51.4. The Kier molecular flexibility index (Phi) is 44.6. The predicted octanol–water partition coefficient (Wildman–Crippen LogP) is 35.1. The van der Waals surface area contributed by atoms with E-state index in [1.54, 1.807) is 6.42 Å². The Bertz CT molecular complexity index is 3240. The maximum absolute atomic E-state index is 2.57. The van der Waals surface area contributed by atoms with Gasteiger partial charge in [0, 0.05) is 0 Å². The number of hydrogen-bond acceptors (Lipinski definition) is 0. The van der Waals surface area contributed by atoms with Crippen molar-refractivity contribution in [2.45, 2.75) is 424 Å². The highest BCUT2D eigenvalue weighted by Gasteiger charge is 2.39. The lowest BCUT2D eigenvalue weighted by molar-refractivity contribution is 0.0581. The molecule has 0 N–H and O–H groups in total. The van der Waals surface area contributed by atoms with E-state index in [2.05, 4.69) is 336 Å². The van der Waals surface area contributed by atoms with E-state index in [1.807, 2.05) is 0 Å². The molecule has 0 saturated heterocycles. The van der Waals surface area contributed by atoms with Crippen LogP contribution in [-0.4, -0.2) is 0 Å². The van der Waals surface area contributed by atoms with E-state index in [0.717, 1.165) is 47.8 Å². The number of unbranched alkanes of at least 4 members (excludes halogenated alkanes) is 5. The van der Waals surface area contributed by atoms with Crippen LogP contribution < -0.4 is 0 Å². The van der Waals surface area contributed by atoms with Gasteiger partial charge in [0.2, 0.25) is 0 Å². The number of benzene rings is 6. The molecule has 5 saturated carbocycles. The number of rotatable bonds is 12. The van der Waals surface area contributed by atoms with E-state index in [0.29, 0.717) is 16.2 Å². The zero-order valence-electron chi connectivity index (χ0n) is 78.8. The van der Waals surface area contributed by atoms with E-state index in [4.69, 9.17) is 0 Å².